The maximum Gasteiger partial charge on any atom is 0.0664 e. The van der Waals surface area contributed by atoms with Crippen molar-refractivity contribution in [1.82, 2.24) is 5.32 Å². The van der Waals surface area contributed by atoms with E-state index in [1.807, 2.05) is 11.8 Å². The monoisotopic (exact) mass is 231 g/mol. The summed E-state index contributed by atoms with van der Waals surface area (Å²) in [5.41, 5.74) is 0.455. The molecule has 0 radical (unpaired) electrons. The molecule has 1 heterocycles. The van der Waals surface area contributed by atoms with Crippen LogP contribution >= 0.6 is 11.8 Å². The zero-order valence-electron chi connectivity index (χ0n) is 10.3. The molecule has 1 saturated heterocycles. The van der Waals surface area contributed by atoms with Gasteiger partial charge < -0.3 is 10.4 Å². The van der Waals surface area contributed by atoms with Crippen LogP contribution in [0.4, 0.5) is 0 Å². The van der Waals surface area contributed by atoms with E-state index in [0.717, 1.165) is 19.4 Å². The third kappa shape index (κ3) is 5.23. The predicted octanol–water partition coefficient (Wildman–Crippen LogP) is 2.27. The van der Waals surface area contributed by atoms with Crippen LogP contribution in [0.5, 0.6) is 0 Å². The molecule has 1 aliphatic heterocycles. The fourth-order valence-corrected chi connectivity index (χ4v) is 3.44. The molecule has 0 saturated carbocycles. The lowest BCUT2D eigenvalue weighted by Gasteiger charge is -2.35. The minimum atomic E-state index is -0.162. The number of nitrogens with one attached hydrogen (secondary N) is 1. The van der Waals surface area contributed by atoms with Gasteiger partial charge in [0.25, 0.3) is 0 Å². The number of aliphatic hydroxyl groups excluding tert-OH is 1. The highest BCUT2D eigenvalue weighted by molar-refractivity contribution is 7.99. The summed E-state index contributed by atoms with van der Waals surface area (Å²) < 4.78 is 0. The van der Waals surface area contributed by atoms with Crippen LogP contribution in [0.2, 0.25) is 0 Å². The summed E-state index contributed by atoms with van der Waals surface area (Å²) in [5.74, 6) is 2.46. The molecule has 0 bridgehead atoms. The van der Waals surface area contributed by atoms with Crippen molar-refractivity contribution in [2.24, 2.45) is 5.41 Å². The third-order valence-electron chi connectivity index (χ3n) is 2.87. The Hall–Kier alpha value is 0.270. The van der Waals surface area contributed by atoms with Crippen molar-refractivity contribution in [2.75, 3.05) is 18.1 Å². The van der Waals surface area contributed by atoms with Gasteiger partial charge in [-0.05, 0) is 24.0 Å². The minimum absolute atomic E-state index is 0.162. The van der Waals surface area contributed by atoms with Gasteiger partial charge in [-0.25, -0.2) is 0 Å². The Kier molecular flexibility index (Phi) is 5.44. The number of hydrogen-bond acceptors (Lipinski definition) is 3. The maximum absolute atomic E-state index is 9.64. The highest BCUT2D eigenvalue weighted by atomic mass is 32.2. The third-order valence-corrected chi connectivity index (χ3v) is 4.50. The van der Waals surface area contributed by atoms with E-state index in [4.69, 9.17) is 0 Å². The first-order valence-corrected chi connectivity index (χ1v) is 7.18. The summed E-state index contributed by atoms with van der Waals surface area (Å²) in [5, 5.41) is 13.1. The Bertz CT molecular complexity index is 184. The molecule has 2 unspecified atom stereocenters. The molecule has 0 spiro atoms. The van der Waals surface area contributed by atoms with Crippen LogP contribution < -0.4 is 5.32 Å². The molecule has 1 aliphatic rings. The molecule has 2 atom stereocenters. The van der Waals surface area contributed by atoms with Crippen molar-refractivity contribution in [1.29, 1.82) is 0 Å². The lowest BCUT2D eigenvalue weighted by atomic mass is 9.88. The van der Waals surface area contributed by atoms with Crippen molar-refractivity contribution in [3.05, 3.63) is 0 Å². The standard InChI is InChI=1S/C12H25NOS/c1-4-5-11(14)7-13-10-6-12(2,3)9-15-8-10/h10-11,13-14H,4-9H2,1-3H3. The summed E-state index contributed by atoms with van der Waals surface area (Å²) in [6, 6.07) is 0.588. The van der Waals surface area contributed by atoms with E-state index in [-0.39, 0.29) is 6.10 Å². The number of hydrogen-bond donors (Lipinski definition) is 2. The molecule has 2 N–H and O–H groups in total. The van der Waals surface area contributed by atoms with E-state index >= 15 is 0 Å². The molecule has 0 aromatic heterocycles. The van der Waals surface area contributed by atoms with E-state index in [1.54, 1.807) is 0 Å². The summed E-state index contributed by atoms with van der Waals surface area (Å²) in [4.78, 5) is 0. The molecule has 2 nitrogen and oxygen atoms in total. The van der Waals surface area contributed by atoms with E-state index in [1.165, 1.54) is 17.9 Å². The zero-order valence-corrected chi connectivity index (χ0v) is 11.1. The van der Waals surface area contributed by atoms with Gasteiger partial charge in [0.15, 0.2) is 0 Å². The number of thioether (sulfide) groups is 1. The van der Waals surface area contributed by atoms with E-state index < -0.39 is 0 Å². The smallest absolute Gasteiger partial charge is 0.0664 e. The van der Waals surface area contributed by atoms with Gasteiger partial charge in [-0.1, -0.05) is 27.2 Å². The molecule has 15 heavy (non-hydrogen) atoms. The second-order valence-corrected chi connectivity index (χ2v) is 6.46. The summed E-state index contributed by atoms with van der Waals surface area (Å²) in [7, 11) is 0. The van der Waals surface area contributed by atoms with E-state index in [2.05, 4.69) is 26.1 Å². The van der Waals surface area contributed by atoms with Gasteiger partial charge in [0.05, 0.1) is 6.10 Å². The van der Waals surface area contributed by atoms with Crippen molar-refractivity contribution in [2.45, 2.75) is 52.2 Å². The second-order valence-electron chi connectivity index (χ2n) is 5.43. The van der Waals surface area contributed by atoms with Crippen molar-refractivity contribution in [3.8, 4) is 0 Å². The first kappa shape index (κ1) is 13.3. The van der Waals surface area contributed by atoms with Crippen LogP contribution in [0, 0.1) is 5.41 Å². The lowest BCUT2D eigenvalue weighted by Crippen LogP contribution is -2.43. The molecule has 0 aromatic rings. The molecule has 1 rings (SSSR count). The number of aliphatic hydroxyl groups is 1. The van der Waals surface area contributed by atoms with E-state index in [9.17, 15) is 5.11 Å². The molecule has 3 heteroatoms. The fourth-order valence-electron chi connectivity index (χ4n) is 2.13. The predicted molar refractivity (Wildman–Crippen MR) is 68.4 cm³/mol. The van der Waals surface area contributed by atoms with Crippen LogP contribution in [-0.2, 0) is 0 Å². The van der Waals surface area contributed by atoms with Crippen LogP contribution in [0.15, 0.2) is 0 Å². The van der Waals surface area contributed by atoms with Gasteiger partial charge in [0, 0.05) is 18.3 Å². The number of rotatable bonds is 5. The van der Waals surface area contributed by atoms with Crippen LogP contribution in [0.3, 0.4) is 0 Å². The highest BCUT2D eigenvalue weighted by Crippen LogP contribution is 2.33. The first-order chi connectivity index (χ1) is 7.03. The van der Waals surface area contributed by atoms with Gasteiger partial charge in [-0.3, -0.25) is 0 Å². The molecule has 0 amide bonds. The van der Waals surface area contributed by atoms with E-state index in [0.29, 0.717) is 11.5 Å². The second kappa shape index (κ2) is 6.12. The van der Waals surface area contributed by atoms with Crippen molar-refractivity contribution >= 4 is 11.8 Å². The van der Waals surface area contributed by atoms with Gasteiger partial charge in [0.2, 0.25) is 0 Å². The van der Waals surface area contributed by atoms with Gasteiger partial charge >= 0.3 is 0 Å². The summed E-state index contributed by atoms with van der Waals surface area (Å²) in [6.07, 6.45) is 3.05. The van der Waals surface area contributed by atoms with Gasteiger partial charge in [-0.15, -0.1) is 0 Å². The average molecular weight is 231 g/mol. The van der Waals surface area contributed by atoms with Crippen LogP contribution in [-0.4, -0.2) is 35.3 Å². The quantitative estimate of drug-likeness (QED) is 0.761. The zero-order chi connectivity index (χ0) is 11.3. The lowest BCUT2D eigenvalue weighted by molar-refractivity contribution is 0.153. The molecule has 90 valence electrons. The van der Waals surface area contributed by atoms with Crippen LogP contribution in [0.25, 0.3) is 0 Å². The Labute approximate surface area is 98.2 Å². The Balaban J connectivity index is 2.21. The summed E-state index contributed by atoms with van der Waals surface area (Å²) >= 11 is 2.03. The Morgan fingerprint density at radius 1 is 1.53 bits per heavy atom. The summed E-state index contributed by atoms with van der Waals surface area (Å²) in [6.45, 7) is 7.53. The highest BCUT2D eigenvalue weighted by Gasteiger charge is 2.28. The SMILES string of the molecule is CCCC(O)CNC1CSCC(C)(C)C1. The Morgan fingerprint density at radius 3 is 2.87 bits per heavy atom. The van der Waals surface area contributed by atoms with Crippen LogP contribution in [0.1, 0.15) is 40.0 Å². The molecule has 1 fully saturated rings. The van der Waals surface area contributed by atoms with Gasteiger partial charge in [0.1, 0.15) is 0 Å². The molecule has 0 aliphatic carbocycles. The largest absolute Gasteiger partial charge is 0.392 e. The Morgan fingerprint density at radius 2 is 2.27 bits per heavy atom. The fraction of sp³-hybridized carbons (Fsp3) is 1.00. The normalized spacial score (nSPS) is 27.6. The van der Waals surface area contributed by atoms with Crippen molar-refractivity contribution in [3.63, 3.8) is 0 Å². The molecular formula is C12H25NOS. The topological polar surface area (TPSA) is 32.3 Å². The molecule has 0 aromatic carbocycles. The first-order valence-electron chi connectivity index (χ1n) is 6.02. The average Bonchev–Trinajstić information content (AvgIpc) is 2.14. The van der Waals surface area contributed by atoms with Crippen molar-refractivity contribution < 1.29 is 5.11 Å². The van der Waals surface area contributed by atoms with Gasteiger partial charge in [-0.2, -0.15) is 11.8 Å². The maximum atomic E-state index is 9.64. The molecular weight excluding hydrogens is 206 g/mol. The minimum Gasteiger partial charge on any atom is -0.392 e.